The zero-order valence-electron chi connectivity index (χ0n) is 13.3. The van der Waals surface area contributed by atoms with E-state index in [4.69, 9.17) is 9.84 Å². The van der Waals surface area contributed by atoms with Crippen LogP contribution in [0.1, 0.15) is 43.1 Å². The van der Waals surface area contributed by atoms with E-state index in [0.717, 1.165) is 31.1 Å². The third kappa shape index (κ3) is 3.76. The molecular weight excluding hydrogens is 266 g/mol. The zero-order valence-corrected chi connectivity index (χ0v) is 13.3. The van der Waals surface area contributed by atoms with Crippen molar-refractivity contribution in [3.8, 4) is 5.75 Å². The summed E-state index contributed by atoms with van der Waals surface area (Å²) < 4.78 is 5.19. The minimum absolute atomic E-state index is 0.218. The van der Waals surface area contributed by atoms with Crippen LogP contribution in [0.2, 0.25) is 0 Å². The Hall–Kier alpha value is -1.55. The van der Waals surface area contributed by atoms with Crippen molar-refractivity contribution < 1.29 is 14.6 Å². The van der Waals surface area contributed by atoms with E-state index in [1.807, 2.05) is 12.1 Å². The molecule has 1 aromatic rings. The first-order valence-corrected chi connectivity index (χ1v) is 7.44. The maximum absolute atomic E-state index is 11.1. The summed E-state index contributed by atoms with van der Waals surface area (Å²) in [6.45, 7) is 9.95. The van der Waals surface area contributed by atoms with Gasteiger partial charge in [0.25, 0.3) is 0 Å². The number of rotatable bonds is 4. The molecule has 0 radical (unpaired) electrons. The minimum Gasteiger partial charge on any atom is -0.496 e. The molecule has 4 nitrogen and oxygen atoms in total. The summed E-state index contributed by atoms with van der Waals surface area (Å²) in [7, 11) is 1.51. The highest BCUT2D eigenvalue weighted by molar-refractivity contribution is 5.90. The molecule has 1 N–H and O–H groups in total. The molecule has 1 aliphatic rings. The number of carboxylic acids is 1. The monoisotopic (exact) mass is 291 g/mol. The Morgan fingerprint density at radius 2 is 2.14 bits per heavy atom. The van der Waals surface area contributed by atoms with Crippen molar-refractivity contribution in [3.05, 3.63) is 29.3 Å². The molecular formula is C17H25NO3. The maximum Gasteiger partial charge on any atom is 0.339 e. The molecule has 1 fully saturated rings. The van der Waals surface area contributed by atoms with Crippen LogP contribution >= 0.6 is 0 Å². The Labute approximate surface area is 126 Å². The second-order valence-electron chi connectivity index (χ2n) is 6.93. The van der Waals surface area contributed by atoms with Gasteiger partial charge in [-0.2, -0.15) is 0 Å². The molecule has 0 bridgehead atoms. The van der Waals surface area contributed by atoms with Gasteiger partial charge in [-0.1, -0.05) is 26.8 Å². The number of ether oxygens (including phenoxy) is 1. The van der Waals surface area contributed by atoms with Crippen LogP contribution < -0.4 is 4.74 Å². The summed E-state index contributed by atoms with van der Waals surface area (Å²) in [5.74, 6) is 0.205. The molecule has 21 heavy (non-hydrogen) atoms. The lowest BCUT2D eigenvalue weighted by Crippen LogP contribution is -2.25. The number of benzene rings is 1. The van der Waals surface area contributed by atoms with Crippen LogP contribution in [-0.2, 0) is 6.54 Å². The smallest absolute Gasteiger partial charge is 0.339 e. The Morgan fingerprint density at radius 3 is 2.67 bits per heavy atom. The van der Waals surface area contributed by atoms with Gasteiger partial charge < -0.3 is 9.84 Å². The average Bonchev–Trinajstić information content (AvgIpc) is 2.86. The molecule has 2 rings (SSSR count). The summed E-state index contributed by atoms with van der Waals surface area (Å²) in [4.78, 5) is 13.5. The average molecular weight is 291 g/mol. The predicted octanol–water partition coefficient (Wildman–Crippen LogP) is 3.26. The van der Waals surface area contributed by atoms with Gasteiger partial charge >= 0.3 is 5.97 Å². The molecule has 0 aromatic heterocycles. The number of carboxylic acid groups (broad SMARTS) is 1. The third-order valence-corrected chi connectivity index (χ3v) is 4.40. The summed E-state index contributed by atoms with van der Waals surface area (Å²) in [5, 5.41) is 9.11. The second-order valence-corrected chi connectivity index (χ2v) is 6.93. The molecule has 0 saturated carbocycles. The lowest BCUT2D eigenvalue weighted by Gasteiger charge is -2.27. The number of hydrogen-bond acceptors (Lipinski definition) is 3. The number of carbonyl (C=O) groups is 1. The quantitative estimate of drug-likeness (QED) is 0.925. The molecule has 0 aliphatic carbocycles. The summed E-state index contributed by atoms with van der Waals surface area (Å²) in [6.07, 6.45) is 1.23. The highest BCUT2D eigenvalue weighted by atomic mass is 16.5. The van der Waals surface area contributed by atoms with Gasteiger partial charge in [0.05, 0.1) is 7.11 Å². The van der Waals surface area contributed by atoms with Crippen LogP contribution in [0.3, 0.4) is 0 Å². The van der Waals surface area contributed by atoms with Gasteiger partial charge in [0.1, 0.15) is 11.3 Å². The molecule has 1 atom stereocenters. The first-order valence-electron chi connectivity index (χ1n) is 7.44. The normalized spacial score (nSPS) is 19.7. The lowest BCUT2D eigenvalue weighted by molar-refractivity contribution is 0.0693. The van der Waals surface area contributed by atoms with Crippen molar-refractivity contribution in [2.24, 2.45) is 11.3 Å². The van der Waals surface area contributed by atoms with Crippen molar-refractivity contribution >= 4 is 5.97 Å². The van der Waals surface area contributed by atoms with E-state index in [1.165, 1.54) is 13.5 Å². The highest BCUT2D eigenvalue weighted by Gasteiger charge is 2.31. The molecule has 4 heteroatoms. The van der Waals surface area contributed by atoms with Gasteiger partial charge in [-0.25, -0.2) is 4.79 Å². The summed E-state index contributed by atoms with van der Waals surface area (Å²) >= 11 is 0. The lowest BCUT2D eigenvalue weighted by atomic mass is 9.80. The minimum atomic E-state index is -0.952. The van der Waals surface area contributed by atoms with E-state index in [1.54, 1.807) is 6.07 Å². The van der Waals surface area contributed by atoms with Crippen LogP contribution in [0.25, 0.3) is 0 Å². The van der Waals surface area contributed by atoms with Gasteiger partial charge in [0.2, 0.25) is 0 Å². The van der Waals surface area contributed by atoms with Gasteiger partial charge in [0, 0.05) is 13.1 Å². The van der Waals surface area contributed by atoms with E-state index in [-0.39, 0.29) is 5.56 Å². The third-order valence-electron chi connectivity index (χ3n) is 4.40. The fourth-order valence-corrected chi connectivity index (χ4v) is 2.95. The summed E-state index contributed by atoms with van der Waals surface area (Å²) in [5.41, 5.74) is 1.67. The van der Waals surface area contributed by atoms with Crippen molar-refractivity contribution in [2.75, 3.05) is 20.2 Å². The number of methoxy groups -OCH3 is 1. The molecule has 1 unspecified atom stereocenters. The molecule has 116 valence electrons. The Bertz CT molecular complexity index is 519. The number of hydrogen-bond donors (Lipinski definition) is 1. The Kier molecular flexibility index (Phi) is 4.57. The van der Waals surface area contributed by atoms with E-state index >= 15 is 0 Å². The first-order chi connectivity index (χ1) is 9.81. The molecule has 0 spiro atoms. The number of nitrogens with zero attached hydrogens (tertiary/aromatic N) is 1. The predicted molar refractivity (Wildman–Crippen MR) is 82.8 cm³/mol. The van der Waals surface area contributed by atoms with Crippen molar-refractivity contribution in [3.63, 3.8) is 0 Å². The van der Waals surface area contributed by atoms with Crippen molar-refractivity contribution in [1.29, 1.82) is 0 Å². The Balaban J connectivity index is 2.06. The van der Waals surface area contributed by atoms with Gasteiger partial charge in [-0.15, -0.1) is 0 Å². The molecule has 0 amide bonds. The maximum atomic E-state index is 11.1. The highest BCUT2D eigenvalue weighted by Crippen LogP contribution is 2.34. The molecule has 1 aliphatic heterocycles. The topological polar surface area (TPSA) is 49.8 Å². The van der Waals surface area contributed by atoms with Gasteiger partial charge in [-0.05, 0) is 42.0 Å². The Morgan fingerprint density at radius 1 is 1.43 bits per heavy atom. The van der Waals surface area contributed by atoms with Crippen LogP contribution in [0.5, 0.6) is 5.75 Å². The molecule has 1 heterocycles. The largest absolute Gasteiger partial charge is 0.496 e. The number of aromatic carboxylic acids is 1. The number of likely N-dealkylation sites (tertiary alicyclic amines) is 1. The van der Waals surface area contributed by atoms with Crippen LogP contribution in [0.4, 0.5) is 0 Å². The van der Waals surface area contributed by atoms with Gasteiger partial charge in [0.15, 0.2) is 0 Å². The van der Waals surface area contributed by atoms with Crippen LogP contribution in [0, 0.1) is 11.3 Å². The van der Waals surface area contributed by atoms with Crippen LogP contribution in [0.15, 0.2) is 18.2 Å². The standard InChI is InChI=1S/C17H25NO3/c1-17(2,3)13-7-8-18(11-13)10-12-5-6-14(16(19)20)15(9-12)21-4/h5-6,9,13H,7-8,10-11H2,1-4H3,(H,19,20). The van der Waals surface area contributed by atoms with Crippen molar-refractivity contribution in [1.82, 2.24) is 4.90 Å². The van der Waals surface area contributed by atoms with Gasteiger partial charge in [-0.3, -0.25) is 4.90 Å². The fraction of sp³-hybridized carbons (Fsp3) is 0.588. The zero-order chi connectivity index (χ0) is 15.6. The van der Waals surface area contributed by atoms with E-state index < -0.39 is 5.97 Å². The van der Waals surface area contributed by atoms with E-state index in [0.29, 0.717) is 11.2 Å². The fourth-order valence-electron chi connectivity index (χ4n) is 2.95. The SMILES string of the molecule is COc1cc(CN2CCC(C(C)(C)C)C2)ccc1C(=O)O. The molecule has 1 aromatic carbocycles. The summed E-state index contributed by atoms with van der Waals surface area (Å²) in [6, 6.07) is 5.36. The molecule has 1 saturated heterocycles. The van der Waals surface area contributed by atoms with Crippen molar-refractivity contribution in [2.45, 2.75) is 33.7 Å². The second kappa shape index (κ2) is 6.06. The van der Waals surface area contributed by atoms with E-state index in [9.17, 15) is 4.79 Å². The van der Waals surface area contributed by atoms with Crippen LogP contribution in [-0.4, -0.2) is 36.2 Å². The first kappa shape index (κ1) is 15.8. The van der Waals surface area contributed by atoms with E-state index in [2.05, 4.69) is 25.7 Å².